The van der Waals surface area contributed by atoms with E-state index in [1.165, 1.54) is 7.11 Å². The maximum Gasteiger partial charge on any atom is 0.272 e. The van der Waals surface area contributed by atoms with Gasteiger partial charge in [-0.25, -0.2) is 9.67 Å². The molecule has 4 rings (SSSR count). The third-order valence-electron chi connectivity index (χ3n) is 4.43. The third-order valence-corrected chi connectivity index (χ3v) is 4.43. The van der Waals surface area contributed by atoms with Crippen LogP contribution in [-0.4, -0.2) is 47.0 Å². The number of benzene rings is 1. The van der Waals surface area contributed by atoms with Crippen LogP contribution in [0.5, 0.6) is 17.2 Å². The highest BCUT2D eigenvalue weighted by atomic mass is 16.5. The molecule has 0 bridgehead atoms. The fraction of sp³-hybridized carbons (Fsp3) is 0.150. The second-order valence-corrected chi connectivity index (χ2v) is 6.10. The molecule has 9 nitrogen and oxygen atoms in total. The number of anilines is 1. The second-order valence-electron chi connectivity index (χ2n) is 6.10. The van der Waals surface area contributed by atoms with Crippen LogP contribution < -0.4 is 19.5 Å². The Morgan fingerprint density at radius 1 is 1.10 bits per heavy atom. The molecule has 29 heavy (non-hydrogen) atoms. The zero-order valence-corrected chi connectivity index (χ0v) is 16.1. The smallest absolute Gasteiger partial charge is 0.272 e. The van der Waals surface area contributed by atoms with E-state index in [1.54, 1.807) is 61.8 Å². The molecule has 3 aromatic heterocycles. The highest BCUT2D eigenvalue weighted by Gasteiger charge is 2.19. The van der Waals surface area contributed by atoms with Crippen molar-refractivity contribution in [2.75, 3.05) is 26.6 Å². The lowest BCUT2D eigenvalue weighted by atomic mass is 10.2. The molecule has 2 N–H and O–H groups in total. The number of pyridine rings is 1. The number of carbonyl (C=O) groups excluding carboxylic acids is 1. The lowest BCUT2D eigenvalue weighted by molar-refractivity contribution is 0.102. The monoisotopic (exact) mass is 393 g/mol. The molecule has 0 unspecified atom stereocenters. The Kier molecular flexibility index (Phi) is 4.78. The van der Waals surface area contributed by atoms with Crippen molar-refractivity contribution in [1.29, 1.82) is 0 Å². The Bertz CT molecular complexity index is 1150. The summed E-state index contributed by atoms with van der Waals surface area (Å²) >= 11 is 0. The number of hydrogen-bond donors (Lipinski definition) is 2. The van der Waals surface area contributed by atoms with E-state index in [0.29, 0.717) is 45.4 Å². The molecule has 0 atom stereocenters. The fourth-order valence-corrected chi connectivity index (χ4v) is 3.06. The van der Waals surface area contributed by atoms with Crippen LogP contribution in [0.4, 0.5) is 5.69 Å². The molecule has 0 aliphatic rings. The van der Waals surface area contributed by atoms with E-state index in [1.807, 2.05) is 6.07 Å². The topological polar surface area (TPSA) is 103 Å². The van der Waals surface area contributed by atoms with Crippen molar-refractivity contribution < 1.29 is 19.0 Å². The van der Waals surface area contributed by atoms with Crippen molar-refractivity contribution >= 4 is 22.5 Å². The summed E-state index contributed by atoms with van der Waals surface area (Å²) in [6.07, 6.45) is 5.03. The molecule has 4 aromatic rings. The van der Waals surface area contributed by atoms with E-state index in [-0.39, 0.29) is 5.91 Å². The van der Waals surface area contributed by atoms with Gasteiger partial charge in [0.05, 0.1) is 38.7 Å². The molecule has 0 radical (unpaired) electrons. The van der Waals surface area contributed by atoms with Gasteiger partial charge in [-0.05, 0) is 24.3 Å². The van der Waals surface area contributed by atoms with Crippen LogP contribution in [0, 0.1) is 0 Å². The van der Waals surface area contributed by atoms with Gasteiger partial charge in [0.25, 0.3) is 5.91 Å². The van der Waals surface area contributed by atoms with Crippen molar-refractivity contribution in [2.45, 2.75) is 0 Å². The number of ether oxygens (including phenoxy) is 3. The molecule has 0 saturated carbocycles. The van der Waals surface area contributed by atoms with Gasteiger partial charge in [0, 0.05) is 23.8 Å². The minimum absolute atomic E-state index is 0.321. The number of aromatic amines is 1. The third kappa shape index (κ3) is 3.33. The van der Waals surface area contributed by atoms with Crippen molar-refractivity contribution in [1.82, 2.24) is 19.7 Å². The predicted molar refractivity (Wildman–Crippen MR) is 107 cm³/mol. The first-order valence-corrected chi connectivity index (χ1v) is 8.73. The Morgan fingerprint density at radius 2 is 1.93 bits per heavy atom. The summed E-state index contributed by atoms with van der Waals surface area (Å²) in [4.78, 5) is 20.1. The average molecular weight is 393 g/mol. The molecular weight excluding hydrogens is 374 g/mol. The minimum atomic E-state index is -0.321. The number of aromatic nitrogens is 4. The molecule has 1 amide bonds. The Labute approximate surface area is 166 Å². The normalized spacial score (nSPS) is 10.7. The number of amides is 1. The number of carbonyl (C=O) groups is 1. The number of nitrogens with zero attached hydrogens (tertiary/aromatic N) is 3. The van der Waals surface area contributed by atoms with Crippen LogP contribution in [0.25, 0.3) is 16.7 Å². The Hall–Kier alpha value is -4.01. The van der Waals surface area contributed by atoms with Gasteiger partial charge in [0.2, 0.25) is 0 Å². The van der Waals surface area contributed by atoms with Crippen molar-refractivity contribution in [2.24, 2.45) is 0 Å². The largest absolute Gasteiger partial charge is 0.496 e. The summed E-state index contributed by atoms with van der Waals surface area (Å²) in [6.45, 7) is 0. The average Bonchev–Trinajstić information content (AvgIpc) is 3.43. The number of rotatable bonds is 6. The number of H-pyrrole nitrogens is 1. The summed E-state index contributed by atoms with van der Waals surface area (Å²) in [5.74, 6) is 1.90. The second kappa shape index (κ2) is 7.55. The van der Waals surface area contributed by atoms with Gasteiger partial charge >= 0.3 is 0 Å². The molecule has 0 spiro atoms. The molecule has 0 saturated heterocycles. The van der Waals surface area contributed by atoms with Gasteiger partial charge < -0.3 is 24.5 Å². The highest BCUT2D eigenvalue weighted by Crippen LogP contribution is 2.41. The highest BCUT2D eigenvalue weighted by molar-refractivity contribution is 6.07. The summed E-state index contributed by atoms with van der Waals surface area (Å²) in [7, 11) is 4.64. The number of fused-ring (bicyclic) bond motifs is 1. The van der Waals surface area contributed by atoms with Crippen molar-refractivity contribution in [3.05, 3.63) is 54.6 Å². The van der Waals surface area contributed by atoms with Crippen LogP contribution >= 0.6 is 0 Å². The van der Waals surface area contributed by atoms with Gasteiger partial charge in [-0.1, -0.05) is 0 Å². The van der Waals surface area contributed by atoms with E-state index in [2.05, 4.69) is 20.4 Å². The lowest BCUT2D eigenvalue weighted by Gasteiger charge is -2.11. The molecule has 0 fully saturated rings. The van der Waals surface area contributed by atoms with Gasteiger partial charge in [-0.15, -0.1) is 0 Å². The minimum Gasteiger partial charge on any atom is -0.496 e. The van der Waals surface area contributed by atoms with E-state index < -0.39 is 0 Å². The summed E-state index contributed by atoms with van der Waals surface area (Å²) in [6, 6.07) is 8.76. The molecule has 1 aromatic carbocycles. The van der Waals surface area contributed by atoms with Gasteiger partial charge in [-0.2, -0.15) is 5.10 Å². The number of nitrogens with one attached hydrogen (secondary N) is 2. The first-order chi connectivity index (χ1) is 14.1. The van der Waals surface area contributed by atoms with Gasteiger partial charge in [-0.3, -0.25) is 4.79 Å². The number of methoxy groups -OCH3 is 3. The fourth-order valence-electron chi connectivity index (χ4n) is 3.06. The molecular formula is C20H19N5O4. The summed E-state index contributed by atoms with van der Waals surface area (Å²) in [5, 5.41) is 7.65. The van der Waals surface area contributed by atoms with Gasteiger partial charge in [0.1, 0.15) is 11.4 Å². The standard InChI is InChI=1S/C20H19N5O4/c1-27-15-10-16(28-2)19(29-3)18-13(15)9-14(24-18)20(26)23-12-5-6-17(21-11-12)25-8-4-7-22-25/h4-11,24H,1-3H3,(H,23,26). The van der Waals surface area contributed by atoms with E-state index in [4.69, 9.17) is 14.2 Å². The summed E-state index contributed by atoms with van der Waals surface area (Å²) < 4.78 is 17.9. The lowest BCUT2D eigenvalue weighted by Crippen LogP contribution is -2.12. The molecule has 0 aliphatic carbocycles. The van der Waals surface area contributed by atoms with E-state index in [0.717, 1.165) is 0 Å². The first-order valence-electron chi connectivity index (χ1n) is 8.73. The zero-order chi connectivity index (χ0) is 20.4. The quantitative estimate of drug-likeness (QED) is 0.522. The van der Waals surface area contributed by atoms with E-state index >= 15 is 0 Å². The van der Waals surface area contributed by atoms with Crippen LogP contribution in [0.15, 0.2) is 48.9 Å². The van der Waals surface area contributed by atoms with E-state index in [9.17, 15) is 4.79 Å². The molecule has 148 valence electrons. The van der Waals surface area contributed by atoms with Crippen molar-refractivity contribution in [3.63, 3.8) is 0 Å². The zero-order valence-electron chi connectivity index (χ0n) is 16.1. The molecule has 3 heterocycles. The van der Waals surface area contributed by atoms with Crippen LogP contribution in [-0.2, 0) is 0 Å². The molecule has 9 heteroatoms. The molecule has 0 aliphatic heterocycles. The van der Waals surface area contributed by atoms with Crippen molar-refractivity contribution in [3.8, 4) is 23.1 Å². The van der Waals surface area contributed by atoms with Crippen LogP contribution in [0.1, 0.15) is 10.5 Å². The Balaban J connectivity index is 1.63. The first kappa shape index (κ1) is 18.4. The van der Waals surface area contributed by atoms with Gasteiger partial charge in [0.15, 0.2) is 17.3 Å². The summed E-state index contributed by atoms with van der Waals surface area (Å²) in [5.41, 5.74) is 1.52. The van der Waals surface area contributed by atoms with Crippen LogP contribution in [0.3, 0.4) is 0 Å². The number of hydrogen-bond acceptors (Lipinski definition) is 6. The predicted octanol–water partition coefficient (Wildman–Crippen LogP) is 3.03. The van der Waals surface area contributed by atoms with Crippen LogP contribution in [0.2, 0.25) is 0 Å². The maximum absolute atomic E-state index is 12.8. The maximum atomic E-state index is 12.8. The SMILES string of the molecule is COc1cc(OC)c2cc(C(=O)Nc3ccc(-n4cccn4)nc3)[nH]c2c1OC. The Morgan fingerprint density at radius 3 is 2.55 bits per heavy atom.